The van der Waals surface area contributed by atoms with E-state index in [1.165, 1.54) is 0 Å². The highest BCUT2D eigenvalue weighted by atomic mass is 79.9. The van der Waals surface area contributed by atoms with Gasteiger partial charge in [-0.15, -0.1) is 0 Å². The summed E-state index contributed by atoms with van der Waals surface area (Å²) in [4.78, 5) is 10.6. The number of nitrogens with one attached hydrogen (secondary N) is 1. The molecule has 0 aliphatic heterocycles. The Morgan fingerprint density at radius 1 is 1.75 bits per heavy atom. The second-order valence-corrected chi connectivity index (χ2v) is 3.70. The molecule has 1 unspecified atom stereocenters. The SMILES string of the molecule is C=C(Br)CNC(CCC)C(=O)O. The van der Waals surface area contributed by atoms with Crippen molar-refractivity contribution in [2.45, 2.75) is 25.8 Å². The highest BCUT2D eigenvalue weighted by Gasteiger charge is 2.14. The standard InChI is InChI=1S/C8H14BrNO2/c1-3-4-7(8(11)12)10-5-6(2)9/h7,10H,2-5H2,1H3,(H,11,12). The first-order valence-electron chi connectivity index (χ1n) is 3.87. The van der Waals surface area contributed by atoms with Crippen LogP contribution < -0.4 is 5.32 Å². The minimum Gasteiger partial charge on any atom is -0.480 e. The molecule has 0 saturated carbocycles. The minimum atomic E-state index is -0.800. The summed E-state index contributed by atoms with van der Waals surface area (Å²) in [5, 5.41) is 11.6. The lowest BCUT2D eigenvalue weighted by Crippen LogP contribution is -2.37. The number of halogens is 1. The Morgan fingerprint density at radius 3 is 2.67 bits per heavy atom. The molecule has 0 radical (unpaired) electrons. The van der Waals surface area contributed by atoms with Crippen LogP contribution in [-0.2, 0) is 4.79 Å². The zero-order chi connectivity index (χ0) is 9.56. The second kappa shape index (κ2) is 6.20. The average molecular weight is 236 g/mol. The van der Waals surface area contributed by atoms with Crippen molar-refractivity contribution in [1.29, 1.82) is 0 Å². The van der Waals surface area contributed by atoms with Crippen LogP contribution in [0.2, 0.25) is 0 Å². The number of carboxylic acid groups (broad SMARTS) is 1. The predicted molar refractivity (Wildman–Crippen MR) is 52.4 cm³/mol. The molecule has 0 aromatic heterocycles. The molecule has 12 heavy (non-hydrogen) atoms. The summed E-state index contributed by atoms with van der Waals surface area (Å²) in [6.45, 7) is 6.06. The van der Waals surface area contributed by atoms with Crippen molar-refractivity contribution < 1.29 is 9.90 Å². The molecule has 0 aromatic carbocycles. The fourth-order valence-corrected chi connectivity index (χ4v) is 0.997. The van der Waals surface area contributed by atoms with Gasteiger partial charge in [-0.3, -0.25) is 10.1 Å². The number of carbonyl (C=O) groups is 1. The summed E-state index contributed by atoms with van der Waals surface area (Å²) in [5.74, 6) is -0.800. The maximum Gasteiger partial charge on any atom is 0.320 e. The highest BCUT2D eigenvalue weighted by molar-refractivity contribution is 9.11. The van der Waals surface area contributed by atoms with Gasteiger partial charge in [0.15, 0.2) is 0 Å². The Hall–Kier alpha value is -0.350. The highest BCUT2D eigenvalue weighted by Crippen LogP contribution is 2.01. The first-order chi connectivity index (χ1) is 5.57. The van der Waals surface area contributed by atoms with Gasteiger partial charge in [-0.2, -0.15) is 0 Å². The van der Waals surface area contributed by atoms with Crippen molar-refractivity contribution >= 4 is 21.9 Å². The Kier molecular flexibility index (Phi) is 6.02. The predicted octanol–water partition coefficient (Wildman–Crippen LogP) is 1.74. The molecule has 0 rings (SSSR count). The Bertz CT molecular complexity index is 170. The lowest BCUT2D eigenvalue weighted by Gasteiger charge is -2.12. The van der Waals surface area contributed by atoms with Gasteiger partial charge < -0.3 is 5.11 Å². The first kappa shape index (κ1) is 11.6. The van der Waals surface area contributed by atoms with Crippen LogP contribution in [0, 0.1) is 0 Å². The van der Waals surface area contributed by atoms with Crippen LogP contribution in [-0.4, -0.2) is 23.7 Å². The van der Waals surface area contributed by atoms with Crippen molar-refractivity contribution in [3.8, 4) is 0 Å². The van der Waals surface area contributed by atoms with Crippen molar-refractivity contribution in [3.63, 3.8) is 0 Å². The van der Waals surface area contributed by atoms with Gasteiger partial charge in [-0.05, 0) is 6.42 Å². The van der Waals surface area contributed by atoms with E-state index in [0.717, 1.165) is 10.9 Å². The molecule has 3 nitrogen and oxygen atoms in total. The zero-order valence-electron chi connectivity index (χ0n) is 7.14. The van der Waals surface area contributed by atoms with Gasteiger partial charge in [-0.1, -0.05) is 35.9 Å². The summed E-state index contributed by atoms with van der Waals surface area (Å²) in [6.07, 6.45) is 1.51. The van der Waals surface area contributed by atoms with E-state index < -0.39 is 12.0 Å². The Morgan fingerprint density at radius 2 is 2.33 bits per heavy atom. The fraction of sp³-hybridized carbons (Fsp3) is 0.625. The summed E-state index contributed by atoms with van der Waals surface area (Å²) in [5.41, 5.74) is 0. The van der Waals surface area contributed by atoms with Crippen LogP contribution in [0.5, 0.6) is 0 Å². The summed E-state index contributed by atoms with van der Waals surface area (Å²) >= 11 is 3.15. The lowest BCUT2D eigenvalue weighted by atomic mass is 10.2. The van der Waals surface area contributed by atoms with Crippen molar-refractivity contribution in [1.82, 2.24) is 5.32 Å². The van der Waals surface area contributed by atoms with E-state index in [0.29, 0.717) is 13.0 Å². The molecule has 0 spiro atoms. The smallest absolute Gasteiger partial charge is 0.320 e. The average Bonchev–Trinajstić information content (AvgIpc) is 1.96. The van der Waals surface area contributed by atoms with Gasteiger partial charge in [0.2, 0.25) is 0 Å². The zero-order valence-corrected chi connectivity index (χ0v) is 8.73. The minimum absolute atomic E-state index is 0.454. The van der Waals surface area contributed by atoms with Gasteiger partial charge in [0.25, 0.3) is 0 Å². The molecule has 0 aromatic rings. The van der Waals surface area contributed by atoms with Gasteiger partial charge in [0, 0.05) is 11.0 Å². The summed E-state index contributed by atoms with van der Waals surface area (Å²) < 4.78 is 0.768. The van der Waals surface area contributed by atoms with Crippen LogP contribution >= 0.6 is 15.9 Å². The summed E-state index contributed by atoms with van der Waals surface area (Å²) in [7, 11) is 0. The van der Waals surface area contributed by atoms with Crippen molar-refractivity contribution in [2.24, 2.45) is 0 Å². The number of hydrogen-bond donors (Lipinski definition) is 2. The van der Waals surface area contributed by atoms with E-state index in [1.54, 1.807) is 0 Å². The molecule has 0 heterocycles. The van der Waals surface area contributed by atoms with Crippen molar-refractivity contribution in [3.05, 3.63) is 11.1 Å². The molecule has 0 aliphatic carbocycles. The molecule has 0 fully saturated rings. The fourth-order valence-electron chi connectivity index (χ4n) is 0.835. The number of hydrogen-bond acceptors (Lipinski definition) is 2. The van der Waals surface area contributed by atoms with Gasteiger partial charge >= 0.3 is 5.97 Å². The van der Waals surface area contributed by atoms with Crippen LogP contribution in [0.4, 0.5) is 0 Å². The number of rotatable bonds is 6. The van der Waals surface area contributed by atoms with Crippen LogP contribution in [0.15, 0.2) is 11.1 Å². The van der Waals surface area contributed by atoms with E-state index in [2.05, 4.69) is 27.8 Å². The molecular weight excluding hydrogens is 222 g/mol. The topological polar surface area (TPSA) is 49.3 Å². The van der Waals surface area contributed by atoms with E-state index in [4.69, 9.17) is 5.11 Å². The summed E-state index contributed by atoms with van der Waals surface area (Å²) in [6, 6.07) is -0.454. The van der Waals surface area contributed by atoms with Crippen LogP contribution in [0.3, 0.4) is 0 Å². The Labute approximate surface area is 81.0 Å². The van der Waals surface area contributed by atoms with Gasteiger partial charge in [0.05, 0.1) is 0 Å². The maximum absolute atomic E-state index is 10.6. The first-order valence-corrected chi connectivity index (χ1v) is 4.66. The molecule has 0 bridgehead atoms. The van der Waals surface area contributed by atoms with Gasteiger partial charge in [0.1, 0.15) is 6.04 Å². The van der Waals surface area contributed by atoms with E-state index >= 15 is 0 Å². The van der Waals surface area contributed by atoms with E-state index in [9.17, 15) is 4.79 Å². The van der Waals surface area contributed by atoms with Crippen LogP contribution in [0.25, 0.3) is 0 Å². The van der Waals surface area contributed by atoms with E-state index in [1.807, 2.05) is 6.92 Å². The molecule has 0 aliphatic rings. The van der Waals surface area contributed by atoms with Crippen molar-refractivity contribution in [2.75, 3.05) is 6.54 Å². The second-order valence-electron chi connectivity index (χ2n) is 2.58. The molecular formula is C8H14BrNO2. The molecule has 1 atom stereocenters. The molecule has 70 valence electrons. The third-order valence-corrected chi connectivity index (χ3v) is 1.70. The van der Waals surface area contributed by atoms with Crippen LogP contribution in [0.1, 0.15) is 19.8 Å². The third kappa shape index (κ3) is 5.32. The number of carboxylic acids is 1. The van der Waals surface area contributed by atoms with Gasteiger partial charge in [-0.25, -0.2) is 0 Å². The quantitative estimate of drug-likeness (QED) is 0.738. The van der Waals surface area contributed by atoms with E-state index in [-0.39, 0.29) is 0 Å². The maximum atomic E-state index is 10.6. The lowest BCUT2D eigenvalue weighted by molar-refractivity contribution is -0.139. The molecule has 4 heteroatoms. The third-order valence-electron chi connectivity index (χ3n) is 1.42. The molecule has 2 N–H and O–H groups in total. The largest absolute Gasteiger partial charge is 0.480 e. The molecule has 0 amide bonds. The normalized spacial score (nSPS) is 12.5. The Balaban J connectivity index is 3.79. The number of aliphatic carboxylic acids is 1. The molecule has 0 saturated heterocycles. The monoisotopic (exact) mass is 235 g/mol.